The number of nitrogens with one attached hydrogen (secondary N) is 1. The molecule has 1 N–H and O–H groups in total. The fraction of sp³-hybridized carbons (Fsp3) is 0.304. The van der Waals surface area contributed by atoms with E-state index in [0.717, 1.165) is 35.4 Å². The zero-order valence-electron chi connectivity index (χ0n) is 16.4. The van der Waals surface area contributed by atoms with Crippen LogP contribution in [0.1, 0.15) is 18.4 Å². The van der Waals surface area contributed by atoms with E-state index in [-0.39, 0.29) is 0 Å². The third-order valence-electron chi connectivity index (χ3n) is 6.43. The van der Waals surface area contributed by atoms with Crippen molar-refractivity contribution in [2.45, 2.75) is 24.9 Å². The summed E-state index contributed by atoms with van der Waals surface area (Å²) in [5, 5.41) is 2.39. The molecule has 0 spiro atoms. The predicted octanol–water partition coefficient (Wildman–Crippen LogP) is 4.59. The van der Waals surface area contributed by atoms with Crippen molar-refractivity contribution >= 4 is 38.2 Å². The van der Waals surface area contributed by atoms with Crippen molar-refractivity contribution in [2.75, 3.05) is 20.1 Å². The Kier molecular flexibility index (Phi) is 3.79. The lowest BCUT2D eigenvalue weighted by atomic mass is 10.1. The smallest absolute Gasteiger partial charge is 0.137 e. The van der Waals surface area contributed by atoms with Crippen molar-refractivity contribution < 1.29 is 0 Å². The molecule has 29 heavy (non-hydrogen) atoms. The summed E-state index contributed by atoms with van der Waals surface area (Å²) >= 11 is 1.77. The molecule has 0 radical (unpaired) electrons. The summed E-state index contributed by atoms with van der Waals surface area (Å²) in [6.45, 7) is 6.74. The minimum absolute atomic E-state index is 0.572. The van der Waals surface area contributed by atoms with Crippen LogP contribution in [0.2, 0.25) is 0 Å². The second kappa shape index (κ2) is 6.40. The molecule has 6 heteroatoms. The average molecular weight is 402 g/mol. The SMILES string of the molecule is C=C(c1cnc2[nH]cc(-c3cc4ccncc4s3)c2c1)N1C2CCC1CN(C)C2. The lowest BCUT2D eigenvalue weighted by Gasteiger charge is -2.42. The molecule has 6 heterocycles. The Labute approximate surface area is 173 Å². The number of nitrogens with zero attached hydrogens (tertiary/aromatic N) is 4. The Morgan fingerprint density at radius 1 is 1.21 bits per heavy atom. The van der Waals surface area contributed by atoms with E-state index in [2.05, 4.69) is 57.8 Å². The van der Waals surface area contributed by atoms with Crippen LogP contribution in [0.25, 0.3) is 37.3 Å². The summed E-state index contributed by atoms with van der Waals surface area (Å²) in [6, 6.07) is 7.72. The van der Waals surface area contributed by atoms with Crippen molar-refractivity contribution in [3.05, 3.63) is 55.1 Å². The molecule has 0 amide bonds. The minimum Gasteiger partial charge on any atom is -0.363 e. The van der Waals surface area contributed by atoms with Gasteiger partial charge < -0.3 is 14.8 Å². The average Bonchev–Trinajstić information content (AvgIpc) is 3.40. The van der Waals surface area contributed by atoms with Crippen LogP contribution in [0, 0.1) is 0 Å². The van der Waals surface area contributed by atoms with Gasteiger partial charge in [-0.1, -0.05) is 6.58 Å². The summed E-state index contributed by atoms with van der Waals surface area (Å²) in [6.07, 6.45) is 10.3. The number of likely N-dealkylation sites (N-methyl/N-ethyl adjacent to an activating group) is 1. The van der Waals surface area contributed by atoms with Crippen molar-refractivity contribution in [3.8, 4) is 10.4 Å². The standard InChI is InChI=1S/C23H23N5S/c1-14(28-17-3-4-18(28)13-27(2)12-17)16-7-19-20(10-26-23(19)25-9-16)21-8-15-5-6-24-11-22(15)29-21/h5-11,17-18H,1,3-4,12-13H2,2H3,(H,25,26). The Morgan fingerprint density at radius 3 is 2.83 bits per heavy atom. The molecule has 2 bridgehead atoms. The van der Waals surface area contributed by atoms with Crippen LogP contribution >= 0.6 is 11.3 Å². The molecule has 6 rings (SSSR count). The second-order valence-electron chi connectivity index (χ2n) is 8.31. The van der Waals surface area contributed by atoms with E-state index in [1.165, 1.54) is 33.4 Å². The minimum atomic E-state index is 0.572. The van der Waals surface area contributed by atoms with E-state index in [1.54, 1.807) is 11.3 Å². The van der Waals surface area contributed by atoms with Gasteiger partial charge in [-0.2, -0.15) is 0 Å². The third-order valence-corrected chi connectivity index (χ3v) is 7.55. The predicted molar refractivity (Wildman–Crippen MR) is 120 cm³/mol. The molecule has 2 fully saturated rings. The number of pyridine rings is 2. The maximum atomic E-state index is 4.72. The molecule has 2 unspecified atom stereocenters. The topological polar surface area (TPSA) is 48.1 Å². The molecule has 0 aliphatic carbocycles. The van der Waals surface area contributed by atoms with Crippen LogP contribution in [0.4, 0.5) is 0 Å². The first-order valence-electron chi connectivity index (χ1n) is 10.1. The van der Waals surface area contributed by atoms with Crippen LogP contribution in [-0.4, -0.2) is 57.0 Å². The molecule has 5 nitrogen and oxygen atoms in total. The quantitative estimate of drug-likeness (QED) is 0.546. The van der Waals surface area contributed by atoms with E-state index in [9.17, 15) is 0 Å². The molecule has 2 aliphatic rings. The molecule has 4 aromatic rings. The lowest BCUT2D eigenvalue weighted by molar-refractivity contribution is 0.136. The van der Waals surface area contributed by atoms with E-state index < -0.39 is 0 Å². The van der Waals surface area contributed by atoms with E-state index in [0.29, 0.717) is 12.1 Å². The lowest BCUT2D eigenvalue weighted by Crippen LogP contribution is -2.51. The number of fused-ring (bicyclic) bond motifs is 4. The Bertz CT molecular complexity index is 1190. The van der Waals surface area contributed by atoms with E-state index in [4.69, 9.17) is 4.98 Å². The Morgan fingerprint density at radius 2 is 2.03 bits per heavy atom. The van der Waals surface area contributed by atoms with Crippen LogP contribution in [0.3, 0.4) is 0 Å². The molecule has 0 saturated carbocycles. The Hall–Kier alpha value is -2.70. The van der Waals surface area contributed by atoms with Gasteiger partial charge in [-0.3, -0.25) is 4.98 Å². The summed E-state index contributed by atoms with van der Waals surface area (Å²) < 4.78 is 1.21. The summed E-state index contributed by atoms with van der Waals surface area (Å²) in [4.78, 5) is 18.6. The molecule has 0 aromatic carbocycles. The van der Waals surface area contributed by atoms with Crippen LogP contribution in [0.5, 0.6) is 0 Å². The molecule has 146 valence electrons. The van der Waals surface area contributed by atoms with E-state index >= 15 is 0 Å². The van der Waals surface area contributed by atoms with Crippen LogP contribution in [0.15, 0.2) is 49.6 Å². The molecular formula is C23H23N5S. The van der Waals surface area contributed by atoms with Gasteiger partial charge >= 0.3 is 0 Å². The normalized spacial score (nSPS) is 22.0. The van der Waals surface area contributed by atoms with Gasteiger partial charge in [0.05, 0.1) is 4.70 Å². The maximum absolute atomic E-state index is 4.72. The number of rotatable bonds is 3. The highest BCUT2D eigenvalue weighted by atomic mass is 32.1. The van der Waals surface area contributed by atoms with Crippen LogP contribution < -0.4 is 0 Å². The van der Waals surface area contributed by atoms with Crippen molar-refractivity contribution in [1.82, 2.24) is 24.8 Å². The highest BCUT2D eigenvalue weighted by molar-refractivity contribution is 7.22. The second-order valence-corrected chi connectivity index (χ2v) is 9.39. The highest BCUT2D eigenvalue weighted by Gasteiger charge is 2.39. The van der Waals surface area contributed by atoms with Crippen molar-refractivity contribution in [3.63, 3.8) is 0 Å². The highest BCUT2D eigenvalue weighted by Crippen LogP contribution is 2.39. The first kappa shape index (κ1) is 17.2. The van der Waals surface area contributed by atoms with E-state index in [1.807, 2.05) is 18.6 Å². The number of hydrogen-bond donors (Lipinski definition) is 1. The van der Waals surface area contributed by atoms with Crippen LogP contribution in [-0.2, 0) is 0 Å². The van der Waals surface area contributed by atoms with Gasteiger partial charge in [-0.25, -0.2) is 4.98 Å². The number of likely N-dealkylation sites (tertiary alicyclic amines) is 1. The van der Waals surface area contributed by atoms with Gasteiger partial charge in [0.2, 0.25) is 0 Å². The Balaban J connectivity index is 1.40. The first-order chi connectivity index (χ1) is 14.2. The molecule has 2 atom stereocenters. The number of aromatic amines is 1. The van der Waals surface area contributed by atoms with Crippen molar-refractivity contribution in [1.29, 1.82) is 0 Å². The molecule has 2 saturated heterocycles. The fourth-order valence-electron chi connectivity index (χ4n) is 5.09. The monoisotopic (exact) mass is 401 g/mol. The molecule has 4 aromatic heterocycles. The summed E-state index contributed by atoms with van der Waals surface area (Å²) in [5.41, 5.74) is 4.37. The maximum Gasteiger partial charge on any atom is 0.137 e. The molecule has 2 aliphatic heterocycles. The number of piperazine rings is 1. The van der Waals surface area contributed by atoms with Gasteiger partial charge in [0.1, 0.15) is 5.65 Å². The van der Waals surface area contributed by atoms with Gasteiger partial charge in [0, 0.05) is 77.0 Å². The number of thiophene rings is 1. The fourth-order valence-corrected chi connectivity index (χ4v) is 6.15. The summed E-state index contributed by atoms with van der Waals surface area (Å²) in [7, 11) is 2.23. The first-order valence-corrected chi connectivity index (χ1v) is 11.0. The van der Waals surface area contributed by atoms with Gasteiger partial charge in [0.15, 0.2) is 0 Å². The number of H-pyrrole nitrogens is 1. The number of hydrogen-bond acceptors (Lipinski definition) is 5. The van der Waals surface area contributed by atoms with Gasteiger partial charge in [-0.15, -0.1) is 11.3 Å². The zero-order chi connectivity index (χ0) is 19.5. The van der Waals surface area contributed by atoms with Gasteiger partial charge in [0.25, 0.3) is 0 Å². The largest absolute Gasteiger partial charge is 0.363 e. The summed E-state index contributed by atoms with van der Waals surface area (Å²) in [5.74, 6) is 0. The molecular weight excluding hydrogens is 378 g/mol. The van der Waals surface area contributed by atoms with Crippen molar-refractivity contribution in [2.24, 2.45) is 0 Å². The van der Waals surface area contributed by atoms with Gasteiger partial charge in [-0.05, 0) is 43.5 Å². The number of aromatic nitrogens is 3. The third kappa shape index (κ3) is 2.70. The zero-order valence-corrected chi connectivity index (χ0v) is 17.2.